The van der Waals surface area contributed by atoms with Crippen molar-refractivity contribution in [2.75, 3.05) is 7.18 Å². The minimum Gasteiger partial charge on any atom is -0.461 e. The molecule has 0 atom stereocenters. The van der Waals surface area contributed by atoms with Crippen LogP contribution in [0.15, 0.2) is 33.1 Å². The summed E-state index contributed by atoms with van der Waals surface area (Å²) in [5.41, 5.74) is 0. The average molecular weight is 288 g/mol. The lowest BCUT2D eigenvalue weighted by atomic mass is 10.4. The van der Waals surface area contributed by atoms with Crippen molar-refractivity contribution in [3.63, 3.8) is 0 Å². The Labute approximate surface area is 115 Å². The Morgan fingerprint density at radius 1 is 0.900 bits per heavy atom. The zero-order valence-corrected chi connectivity index (χ0v) is 11.0. The van der Waals surface area contributed by atoms with Crippen molar-refractivity contribution in [3.05, 3.63) is 47.3 Å². The summed E-state index contributed by atoms with van der Waals surface area (Å²) in [7, 11) is 0.500. The van der Waals surface area contributed by atoms with E-state index in [4.69, 9.17) is 24.2 Å². The van der Waals surface area contributed by atoms with E-state index in [9.17, 15) is 9.18 Å². The van der Waals surface area contributed by atoms with Gasteiger partial charge in [0.05, 0.1) is 7.18 Å². The van der Waals surface area contributed by atoms with Gasteiger partial charge in [-0.1, -0.05) is 0 Å². The molecule has 0 amide bonds. The first kappa shape index (κ1) is 18.0. The molecular formula is C13H17FO6. The van der Waals surface area contributed by atoms with Crippen LogP contribution in [0.25, 0.3) is 0 Å². The zero-order chi connectivity index (χ0) is 15.4. The van der Waals surface area contributed by atoms with Gasteiger partial charge in [-0.05, 0) is 24.3 Å². The van der Waals surface area contributed by atoms with Gasteiger partial charge in [-0.2, -0.15) is 0 Å². The summed E-state index contributed by atoms with van der Waals surface area (Å²) in [4.78, 5) is 9.96. The summed E-state index contributed by atoms with van der Waals surface area (Å²) in [6.45, 7) is -0.381. The molecule has 0 bridgehead atoms. The number of halogens is 1. The van der Waals surface area contributed by atoms with Crippen LogP contribution in [-0.2, 0) is 19.8 Å². The fraction of sp³-hybridized carbons (Fsp3) is 0.308. The maximum absolute atomic E-state index is 9.96. The van der Waals surface area contributed by atoms with Crippen molar-refractivity contribution in [1.82, 2.24) is 0 Å². The molecule has 0 radical (unpaired) electrons. The molecule has 3 N–H and O–H groups in total. The molecule has 0 saturated heterocycles. The Morgan fingerprint density at radius 2 is 1.30 bits per heavy atom. The van der Waals surface area contributed by atoms with Crippen molar-refractivity contribution in [2.45, 2.75) is 19.8 Å². The molecule has 0 unspecified atom stereocenters. The Morgan fingerprint density at radius 3 is 1.55 bits per heavy atom. The lowest BCUT2D eigenvalue weighted by Gasteiger charge is -1.86. The SMILES string of the molecule is CF.O=Cc1ccc(CO)o1.OCc1ccc(CO)o1. The van der Waals surface area contributed by atoms with Gasteiger partial charge in [0.15, 0.2) is 12.0 Å². The number of hydrogen-bond acceptors (Lipinski definition) is 6. The molecular weight excluding hydrogens is 271 g/mol. The third-order valence-corrected chi connectivity index (χ3v) is 1.98. The molecule has 0 aliphatic heterocycles. The predicted octanol–water partition coefficient (Wildman–Crippen LogP) is 1.43. The first-order valence-corrected chi connectivity index (χ1v) is 5.55. The van der Waals surface area contributed by atoms with E-state index in [1.54, 1.807) is 18.2 Å². The molecule has 2 rings (SSSR count). The van der Waals surface area contributed by atoms with Gasteiger partial charge in [0.2, 0.25) is 0 Å². The lowest BCUT2D eigenvalue weighted by molar-refractivity contribution is 0.109. The van der Waals surface area contributed by atoms with E-state index < -0.39 is 0 Å². The lowest BCUT2D eigenvalue weighted by Crippen LogP contribution is -1.76. The maximum Gasteiger partial charge on any atom is 0.185 e. The van der Waals surface area contributed by atoms with Crippen LogP contribution in [-0.4, -0.2) is 28.8 Å². The zero-order valence-electron chi connectivity index (χ0n) is 11.0. The Bertz CT molecular complexity index is 458. The van der Waals surface area contributed by atoms with E-state index >= 15 is 0 Å². The molecule has 20 heavy (non-hydrogen) atoms. The number of furan rings is 2. The number of carbonyl (C=O) groups excluding carboxylic acids is 1. The minimum absolute atomic E-state index is 0.111. The summed E-state index contributed by atoms with van der Waals surface area (Å²) < 4.78 is 19.1. The highest BCUT2D eigenvalue weighted by Crippen LogP contribution is 2.06. The molecule has 0 aliphatic rings. The van der Waals surface area contributed by atoms with E-state index in [1.807, 2.05) is 0 Å². The summed E-state index contributed by atoms with van der Waals surface area (Å²) in [6.07, 6.45) is 0.596. The normalized spacial score (nSPS) is 9.05. The molecule has 2 aromatic heterocycles. The Kier molecular flexibility index (Phi) is 9.85. The van der Waals surface area contributed by atoms with Crippen LogP contribution in [0.5, 0.6) is 0 Å². The third kappa shape index (κ3) is 6.28. The molecule has 2 heterocycles. The van der Waals surface area contributed by atoms with Gasteiger partial charge in [0, 0.05) is 0 Å². The van der Waals surface area contributed by atoms with Gasteiger partial charge < -0.3 is 24.2 Å². The van der Waals surface area contributed by atoms with Gasteiger partial charge in [0.25, 0.3) is 0 Å². The fourth-order valence-electron chi connectivity index (χ4n) is 1.14. The van der Waals surface area contributed by atoms with E-state index in [-0.39, 0.29) is 25.6 Å². The number of aliphatic hydroxyl groups is 3. The topological polar surface area (TPSA) is 104 Å². The number of carbonyl (C=O) groups is 1. The summed E-state index contributed by atoms with van der Waals surface area (Å²) >= 11 is 0. The van der Waals surface area contributed by atoms with Crippen LogP contribution < -0.4 is 0 Å². The first-order valence-electron chi connectivity index (χ1n) is 5.55. The number of aldehydes is 1. The molecule has 0 spiro atoms. The van der Waals surface area contributed by atoms with Crippen molar-refractivity contribution in [1.29, 1.82) is 0 Å². The Balaban J connectivity index is 0.000000321. The predicted molar refractivity (Wildman–Crippen MR) is 67.6 cm³/mol. The van der Waals surface area contributed by atoms with Crippen LogP contribution in [0.4, 0.5) is 4.39 Å². The van der Waals surface area contributed by atoms with Crippen molar-refractivity contribution in [2.24, 2.45) is 0 Å². The van der Waals surface area contributed by atoms with Crippen LogP contribution in [0.2, 0.25) is 0 Å². The van der Waals surface area contributed by atoms with Crippen molar-refractivity contribution >= 4 is 6.29 Å². The van der Waals surface area contributed by atoms with E-state index in [1.165, 1.54) is 6.07 Å². The highest BCUT2D eigenvalue weighted by Gasteiger charge is 1.97. The van der Waals surface area contributed by atoms with Gasteiger partial charge >= 0.3 is 0 Å². The molecule has 6 nitrogen and oxygen atoms in total. The smallest absolute Gasteiger partial charge is 0.185 e. The molecule has 7 heteroatoms. The summed E-state index contributed by atoms with van der Waals surface area (Å²) in [5, 5.41) is 25.4. The fourth-order valence-corrected chi connectivity index (χ4v) is 1.14. The molecule has 2 aromatic rings. The second-order valence-electron chi connectivity index (χ2n) is 3.26. The molecule has 0 aliphatic carbocycles. The van der Waals surface area contributed by atoms with Crippen molar-refractivity contribution in [3.8, 4) is 0 Å². The number of aliphatic hydroxyl groups excluding tert-OH is 3. The van der Waals surface area contributed by atoms with Gasteiger partial charge in [-0.3, -0.25) is 9.18 Å². The monoisotopic (exact) mass is 288 g/mol. The van der Waals surface area contributed by atoms with Crippen LogP contribution in [0, 0.1) is 0 Å². The van der Waals surface area contributed by atoms with E-state index in [0.29, 0.717) is 30.7 Å². The highest BCUT2D eigenvalue weighted by atomic mass is 19.1. The summed E-state index contributed by atoms with van der Waals surface area (Å²) in [5.74, 6) is 1.63. The second kappa shape index (κ2) is 10.9. The standard InChI is InChI=1S/C6H8O3.C6H6O3.CH3F/c2*7-3-5-1-2-6(4-8)9-5;1-2/h1-2,7-8H,3-4H2;1-3,8H,4H2;1H3. The van der Waals surface area contributed by atoms with Gasteiger partial charge in [0.1, 0.15) is 37.1 Å². The molecule has 0 fully saturated rings. The number of hydrogen-bond donors (Lipinski definition) is 3. The quantitative estimate of drug-likeness (QED) is 0.735. The second-order valence-corrected chi connectivity index (χ2v) is 3.26. The number of rotatable bonds is 4. The molecule has 0 saturated carbocycles. The van der Waals surface area contributed by atoms with Crippen LogP contribution >= 0.6 is 0 Å². The van der Waals surface area contributed by atoms with Crippen LogP contribution in [0.3, 0.4) is 0 Å². The first-order chi connectivity index (χ1) is 9.73. The molecule has 0 aromatic carbocycles. The third-order valence-electron chi connectivity index (χ3n) is 1.98. The maximum atomic E-state index is 9.96. The highest BCUT2D eigenvalue weighted by molar-refractivity contribution is 5.70. The Hall–Kier alpha value is -1.96. The minimum atomic E-state index is -0.159. The van der Waals surface area contributed by atoms with E-state index in [0.717, 1.165) is 0 Å². The van der Waals surface area contributed by atoms with Gasteiger partial charge in [-0.25, -0.2) is 0 Å². The van der Waals surface area contributed by atoms with Crippen LogP contribution in [0.1, 0.15) is 27.8 Å². The largest absolute Gasteiger partial charge is 0.461 e. The van der Waals surface area contributed by atoms with Gasteiger partial charge in [-0.15, -0.1) is 0 Å². The van der Waals surface area contributed by atoms with E-state index in [2.05, 4.69) is 0 Å². The van der Waals surface area contributed by atoms with Crippen molar-refractivity contribution < 1.29 is 33.3 Å². The summed E-state index contributed by atoms with van der Waals surface area (Å²) in [6, 6.07) is 6.33. The average Bonchev–Trinajstić information content (AvgIpc) is 3.18. The molecule has 112 valence electrons. The number of alkyl halides is 1.